The maximum Gasteiger partial charge on any atom is 0.404 e. The van der Waals surface area contributed by atoms with E-state index in [1.807, 2.05) is 35.2 Å². The van der Waals surface area contributed by atoms with Crippen LogP contribution < -0.4 is 5.32 Å². The van der Waals surface area contributed by atoms with Crippen LogP contribution in [0.2, 0.25) is 5.02 Å². The molecule has 4 rings (SSSR count). The number of aromatic nitrogens is 2. The molecule has 2 N–H and O–H groups in total. The van der Waals surface area contributed by atoms with Crippen LogP contribution in [0.15, 0.2) is 48.5 Å². The number of para-hydroxylation sites is 2. The van der Waals surface area contributed by atoms with Crippen molar-refractivity contribution in [1.29, 1.82) is 0 Å². The highest BCUT2D eigenvalue weighted by Gasteiger charge is 2.30. The van der Waals surface area contributed by atoms with E-state index in [4.69, 9.17) is 21.3 Å². The van der Waals surface area contributed by atoms with Crippen LogP contribution >= 0.6 is 11.6 Å². The molecule has 1 saturated heterocycles. The normalized spacial score (nSPS) is 16.7. The Bertz CT molecular complexity index is 1200. The zero-order valence-electron chi connectivity index (χ0n) is 20.5. The topological polar surface area (TPSA) is 96.7 Å². The first-order valence-corrected chi connectivity index (χ1v) is 12.8. The van der Waals surface area contributed by atoms with Crippen molar-refractivity contribution in [2.24, 2.45) is 0 Å². The Hall–Kier alpha value is -3.10. The molecule has 2 atom stereocenters. The van der Waals surface area contributed by atoms with Gasteiger partial charge < -0.3 is 24.6 Å². The van der Waals surface area contributed by atoms with E-state index >= 15 is 0 Å². The summed E-state index contributed by atoms with van der Waals surface area (Å²) in [5, 5.41) is 12.4. The number of nitrogens with zero attached hydrogens (tertiary/aromatic N) is 3. The number of carbonyl (C=O) groups is 2. The SMILES string of the molecule is COCCCn1c([C@@H]2CCCN(C(=O)C[C@@H](Cc3cccc(Cl)c3)NC(=O)O)C2)nc2ccccc21. The molecule has 192 valence electrons. The van der Waals surface area contributed by atoms with E-state index < -0.39 is 12.1 Å². The van der Waals surface area contributed by atoms with Crippen LogP contribution in [-0.4, -0.2) is 64.4 Å². The highest BCUT2D eigenvalue weighted by atomic mass is 35.5. The van der Waals surface area contributed by atoms with Crippen molar-refractivity contribution in [3.05, 3.63) is 64.9 Å². The van der Waals surface area contributed by atoms with E-state index in [9.17, 15) is 14.7 Å². The molecule has 2 aromatic carbocycles. The second-order valence-corrected chi connectivity index (χ2v) is 9.76. The molecule has 1 aromatic heterocycles. The van der Waals surface area contributed by atoms with Crippen LogP contribution in [0.5, 0.6) is 0 Å². The van der Waals surface area contributed by atoms with E-state index in [1.165, 1.54) is 0 Å². The molecule has 0 aliphatic carbocycles. The van der Waals surface area contributed by atoms with Crippen LogP contribution in [0.4, 0.5) is 4.79 Å². The lowest BCUT2D eigenvalue weighted by Crippen LogP contribution is -2.44. The molecule has 0 bridgehead atoms. The van der Waals surface area contributed by atoms with Gasteiger partial charge in [-0.15, -0.1) is 0 Å². The fourth-order valence-corrected chi connectivity index (χ4v) is 5.27. The lowest BCUT2D eigenvalue weighted by Gasteiger charge is -2.33. The Balaban J connectivity index is 1.48. The van der Waals surface area contributed by atoms with Gasteiger partial charge in [-0.05, 0) is 55.5 Å². The number of carboxylic acid groups (broad SMARTS) is 1. The summed E-state index contributed by atoms with van der Waals surface area (Å²) in [6.45, 7) is 2.71. The summed E-state index contributed by atoms with van der Waals surface area (Å²) in [5.41, 5.74) is 2.94. The predicted molar refractivity (Wildman–Crippen MR) is 140 cm³/mol. The lowest BCUT2D eigenvalue weighted by atomic mass is 9.95. The molecular formula is C27H33ClN4O4. The number of aryl methyl sites for hydroxylation is 1. The van der Waals surface area contributed by atoms with Gasteiger partial charge in [-0.3, -0.25) is 4.79 Å². The minimum Gasteiger partial charge on any atom is -0.465 e. The fraction of sp³-hybridized carbons (Fsp3) is 0.444. The molecule has 0 unspecified atom stereocenters. The van der Waals surface area contributed by atoms with Crippen LogP contribution in [0.25, 0.3) is 11.0 Å². The summed E-state index contributed by atoms with van der Waals surface area (Å²) in [7, 11) is 1.70. The monoisotopic (exact) mass is 512 g/mol. The van der Waals surface area contributed by atoms with Crippen molar-refractivity contribution in [1.82, 2.24) is 19.8 Å². The number of ether oxygens (including phenoxy) is 1. The summed E-state index contributed by atoms with van der Waals surface area (Å²) in [6.07, 6.45) is 2.06. The molecule has 0 spiro atoms. The van der Waals surface area contributed by atoms with Crippen molar-refractivity contribution in [3.63, 3.8) is 0 Å². The number of piperidine rings is 1. The highest BCUT2D eigenvalue weighted by Crippen LogP contribution is 2.30. The third kappa shape index (κ3) is 6.56. The fourth-order valence-electron chi connectivity index (χ4n) is 5.06. The van der Waals surface area contributed by atoms with Crippen molar-refractivity contribution < 1.29 is 19.4 Å². The quantitative estimate of drug-likeness (QED) is 0.384. The first-order valence-electron chi connectivity index (χ1n) is 12.4. The maximum atomic E-state index is 13.3. The zero-order chi connectivity index (χ0) is 25.5. The Morgan fingerprint density at radius 2 is 2.08 bits per heavy atom. The number of methoxy groups -OCH3 is 1. The molecule has 1 fully saturated rings. The van der Waals surface area contributed by atoms with Gasteiger partial charge in [-0.2, -0.15) is 0 Å². The Kier molecular flexibility index (Phi) is 8.83. The van der Waals surface area contributed by atoms with Gasteiger partial charge in [0, 0.05) is 56.8 Å². The molecule has 8 nitrogen and oxygen atoms in total. The van der Waals surface area contributed by atoms with Crippen LogP contribution in [0, 0.1) is 0 Å². The third-order valence-corrected chi connectivity index (χ3v) is 6.91. The van der Waals surface area contributed by atoms with E-state index in [-0.39, 0.29) is 18.2 Å². The second-order valence-electron chi connectivity index (χ2n) is 9.32. The van der Waals surface area contributed by atoms with E-state index in [1.54, 1.807) is 19.2 Å². The van der Waals surface area contributed by atoms with Gasteiger partial charge in [-0.25, -0.2) is 9.78 Å². The Labute approximate surface area is 216 Å². The zero-order valence-corrected chi connectivity index (χ0v) is 21.3. The van der Waals surface area contributed by atoms with Gasteiger partial charge in [0.15, 0.2) is 0 Å². The molecular weight excluding hydrogens is 480 g/mol. The molecule has 2 heterocycles. The molecule has 1 aliphatic heterocycles. The van der Waals surface area contributed by atoms with Gasteiger partial charge >= 0.3 is 6.09 Å². The first kappa shape index (κ1) is 26.0. The largest absolute Gasteiger partial charge is 0.465 e. The smallest absolute Gasteiger partial charge is 0.404 e. The standard InChI is InChI=1S/C27H33ClN4O4/c1-36-14-6-13-32-24-11-3-2-10-23(24)30-26(32)20-8-5-12-31(18-20)25(33)17-22(29-27(34)35)16-19-7-4-9-21(28)15-19/h2-4,7,9-11,15,20,22,29H,5-6,8,12-14,16-18H2,1H3,(H,34,35)/t20-,22-/m1/s1. The minimum absolute atomic E-state index is 0.0532. The number of halogens is 1. The van der Waals surface area contributed by atoms with Gasteiger partial charge in [0.25, 0.3) is 0 Å². The molecule has 9 heteroatoms. The number of fused-ring (bicyclic) bond motifs is 1. The van der Waals surface area contributed by atoms with E-state index in [2.05, 4.69) is 16.0 Å². The number of hydrogen-bond donors (Lipinski definition) is 2. The van der Waals surface area contributed by atoms with E-state index in [0.717, 1.165) is 48.2 Å². The average molecular weight is 513 g/mol. The molecule has 36 heavy (non-hydrogen) atoms. The number of benzene rings is 2. The minimum atomic E-state index is -1.14. The molecule has 1 aliphatic rings. The van der Waals surface area contributed by atoms with Crippen LogP contribution in [0.3, 0.4) is 0 Å². The lowest BCUT2D eigenvalue weighted by molar-refractivity contribution is -0.132. The molecule has 3 aromatic rings. The van der Waals surface area contributed by atoms with Crippen molar-refractivity contribution >= 4 is 34.6 Å². The number of amides is 2. The molecule has 0 radical (unpaired) electrons. The first-order chi connectivity index (χ1) is 17.4. The van der Waals surface area contributed by atoms with E-state index in [0.29, 0.717) is 31.1 Å². The average Bonchev–Trinajstić information content (AvgIpc) is 3.22. The summed E-state index contributed by atoms with van der Waals surface area (Å²) >= 11 is 6.09. The predicted octanol–water partition coefficient (Wildman–Crippen LogP) is 4.70. The molecule has 0 saturated carbocycles. The summed E-state index contributed by atoms with van der Waals surface area (Å²) in [5.74, 6) is 1.07. The van der Waals surface area contributed by atoms with Gasteiger partial charge in [-0.1, -0.05) is 35.9 Å². The van der Waals surface area contributed by atoms with Gasteiger partial charge in [0.1, 0.15) is 5.82 Å². The number of imidazole rings is 1. The third-order valence-electron chi connectivity index (χ3n) is 6.67. The second kappa shape index (κ2) is 12.2. The van der Waals surface area contributed by atoms with Crippen molar-refractivity contribution in [2.75, 3.05) is 26.8 Å². The number of nitrogens with one attached hydrogen (secondary N) is 1. The van der Waals surface area contributed by atoms with Crippen LogP contribution in [0.1, 0.15) is 43.0 Å². The summed E-state index contributed by atoms with van der Waals surface area (Å²) in [6, 6.07) is 14.9. The number of carbonyl (C=O) groups excluding carboxylic acids is 1. The van der Waals surface area contributed by atoms with Gasteiger partial charge in [0.2, 0.25) is 5.91 Å². The Morgan fingerprint density at radius 3 is 2.86 bits per heavy atom. The highest BCUT2D eigenvalue weighted by molar-refractivity contribution is 6.30. The number of hydrogen-bond acceptors (Lipinski definition) is 4. The van der Waals surface area contributed by atoms with Crippen LogP contribution in [-0.2, 0) is 22.5 Å². The number of likely N-dealkylation sites (tertiary alicyclic amines) is 1. The number of rotatable bonds is 10. The Morgan fingerprint density at radius 1 is 1.25 bits per heavy atom. The maximum absolute atomic E-state index is 13.3. The van der Waals surface area contributed by atoms with Crippen molar-refractivity contribution in [3.8, 4) is 0 Å². The summed E-state index contributed by atoms with van der Waals surface area (Å²) in [4.78, 5) is 31.5. The summed E-state index contributed by atoms with van der Waals surface area (Å²) < 4.78 is 7.52. The van der Waals surface area contributed by atoms with Crippen molar-refractivity contribution in [2.45, 2.75) is 50.6 Å². The molecule has 2 amide bonds. The van der Waals surface area contributed by atoms with Gasteiger partial charge in [0.05, 0.1) is 11.0 Å².